The molecule has 0 aliphatic rings. The van der Waals surface area contributed by atoms with Gasteiger partial charge in [0, 0.05) is 12.6 Å². The van der Waals surface area contributed by atoms with Gasteiger partial charge in [-0.1, -0.05) is 19.9 Å². The standard InChI is InChI=1S/C14H21ClN2O3/c1-4-16(5-2)10-12(15)11-7-8-14(20-6-3)13(9-11)17(18)19/h7-9,12H,4-6,10H2,1-3H3. The summed E-state index contributed by atoms with van der Waals surface area (Å²) in [6, 6.07) is 4.92. The zero-order chi connectivity index (χ0) is 15.1. The van der Waals surface area contributed by atoms with Crippen molar-refractivity contribution >= 4 is 17.3 Å². The van der Waals surface area contributed by atoms with Crippen molar-refractivity contribution in [3.8, 4) is 5.75 Å². The zero-order valence-electron chi connectivity index (χ0n) is 12.1. The third-order valence-corrected chi connectivity index (χ3v) is 3.54. The van der Waals surface area contributed by atoms with E-state index >= 15 is 0 Å². The highest BCUT2D eigenvalue weighted by molar-refractivity contribution is 6.21. The number of ether oxygens (including phenoxy) is 1. The maximum atomic E-state index is 11.1. The van der Waals surface area contributed by atoms with E-state index in [9.17, 15) is 10.1 Å². The number of hydrogen-bond donors (Lipinski definition) is 0. The van der Waals surface area contributed by atoms with Crippen LogP contribution in [0.4, 0.5) is 5.69 Å². The molecule has 0 amide bonds. The third-order valence-electron chi connectivity index (χ3n) is 3.15. The fraction of sp³-hybridized carbons (Fsp3) is 0.571. The molecular weight excluding hydrogens is 280 g/mol. The Morgan fingerprint density at radius 1 is 1.35 bits per heavy atom. The number of benzene rings is 1. The van der Waals surface area contributed by atoms with Crippen LogP contribution in [0.25, 0.3) is 0 Å². The van der Waals surface area contributed by atoms with Gasteiger partial charge in [-0.2, -0.15) is 0 Å². The number of hydrogen-bond acceptors (Lipinski definition) is 4. The van der Waals surface area contributed by atoms with Gasteiger partial charge in [-0.15, -0.1) is 11.6 Å². The Balaban J connectivity index is 2.96. The minimum atomic E-state index is -0.435. The molecule has 1 aromatic rings. The summed E-state index contributed by atoms with van der Waals surface area (Å²) in [5, 5.41) is 10.8. The van der Waals surface area contributed by atoms with E-state index in [0.717, 1.165) is 18.7 Å². The maximum Gasteiger partial charge on any atom is 0.311 e. The Morgan fingerprint density at radius 3 is 2.50 bits per heavy atom. The van der Waals surface area contributed by atoms with Gasteiger partial charge in [-0.3, -0.25) is 10.1 Å². The minimum Gasteiger partial charge on any atom is -0.487 e. The Hall–Kier alpha value is -1.33. The van der Waals surface area contributed by atoms with E-state index in [1.54, 1.807) is 19.1 Å². The second-order valence-electron chi connectivity index (χ2n) is 4.37. The average molecular weight is 301 g/mol. The quantitative estimate of drug-likeness (QED) is 0.418. The second-order valence-corrected chi connectivity index (χ2v) is 4.90. The van der Waals surface area contributed by atoms with Crippen molar-refractivity contribution in [2.24, 2.45) is 0 Å². The molecule has 112 valence electrons. The van der Waals surface area contributed by atoms with E-state index < -0.39 is 4.92 Å². The summed E-state index contributed by atoms with van der Waals surface area (Å²) < 4.78 is 5.26. The highest BCUT2D eigenvalue weighted by Gasteiger charge is 2.19. The molecule has 0 N–H and O–H groups in total. The van der Waals surface area contributed by atoms with Crippen molar-refractivity contribution in [3.63, 3.8) is 0 Å². The molecule has 0 radical (unpaired) electrons. The number of halogens is 1. The molecule has 1 unspecified atom stereocenters. The summed E-state index contributed by atoms with van der Waals surface area (Å²) in [6.45, 7) is 8.78. The van der Waals surface area contributed by atoms with Crippen LogP contribution in [-0.2, 0) is 0 Å². The summed E-state index contributed by atoms with van der Waals surface area (Å²) in [6.07, 6.45) is 0. The molecule has 0 bridgehead atoms. The van der Waals surface area contributed by atoms with Crippen LogP contribution >= 0.6 is 11.6 Å². The molecule has 0 saturated carbocycles. The molecule has 0 heterocycles. The number of nitro groups is 1. The first-order valence-electron chi connectivity index (χ1n) is 6.80. The lowest BCUT2D eigenvalue weighted by Crippen LogP contribution is -2.26. The topological polar surface area (TPSA) is 55.6 Å². The highest BCUT2D eigenvalue weighted by atomic mass is 35.5. The van der Waals surface area contributed by atoms with E-state index in [0.29, 0.717) is 13.2 Å². The molecule has 0 saturated heterocycles. The largest absolute Gasteiger partial charge is 0.487 e. The van der Waals surface area contributed by atoms with Gasteiger partial charge in [-0.05, 0) is 31.6 Å². The molecule has 0 spiro atoms. The van der Waals surface area contributed by atoms with Gasteiger partial charge >= 0.3 is 5.69 Å². The summed E-state index contributed by atoms with van der Waals surface area (Å²) in [4.78, 5) is 12.8. The number of nitrogens with zero attached hydrogens (tertiary/aromatic N) is 2. The molecular formula is C14H21ClN2O3. The van der Waals surface area contributed by atoms with Crippen LogP contribution in [0.15, 0.2) is 18.2 Å². The fourth-order valence-corrected chi connectivity index (χ4v) is 2.29. The van der Waals surface area contributed by atoms with Crippen LogP contribution in [0.5, 0.6) is 5.75 Å². The smallest absolute Gasteiger partial charge is 0.311 e. The lowest BCUT2D eigenvalue weighted by molar-refractivity contribution is -0.385. The van der Waals surface area contributed by atoms with Crippen LogP contribution < -0.4 is 4.74 Å². The average Bonchev–Trinajstić information content (AvgIpc) is 2.44. The summed E-state index contributed by atoms with van der Waals surface area (Å²) in [5.74, 6) is 0.285. The predicted octanol–water partition coefficient (Wildman–Crippen LogP) is 3.62. The number of alkyl halides is 1. The second kappa shape index (κ2) is 8.07. The van der Waals surface area contributed by atoms with Gasteiger partial charge < -0.3 is 9.64 Å². The zero-order valence-corrected chi connectivity index (χ0v) is 12.9. The maximum absolute atomic E-state index is 11.1. The normalized spacial score (nSPS) is 12.4. The third kappa shape index (κ3) is 4.35. The monoisotopic (exact) mass is 300 g/mol. The Morgan fingerprint density at radius 2 is 2.00 bits per heavy atom. The predicted molar refractivity (Wildman–Crippen MR) is 80.6 cm³/mol. The van der Waals surface area contributed by atoms with Crippen molar-refractivity contribution < 1.29 is 9.66 Å². The molecule has 0 aromatic heterocycles. The van der Waals surface area contributed by atoms with Crippen molar-refractivity contribution in [1.29, 1.82) is 0 Å². The first kappa shape index (κ1) is 16.7. The lowest BCUT2D eigenvalue weighted by atomic mass is 10.1. The lowest BCUT2D eigenvalue weighted by Gasteiger charge is -2.21. The van der Waals surface area contributed by atoms with Crippen LogP contribution in [0.1, 0.15) is 31.7 Å². The molecule has 5 nitrogen and oxygen atoms in total. The van der Waals surface area contributed by atoms with Crippen LogP contribution in [-0.4, -0.2) is 36.1 Å². The number of likely N-dealkylation sites (N-methyl/N-ethyl adjacent to an activating group) is 1. The number of rotatable bonds is 8. The van der Waals surface area contributed by atoms with Crippen molar-refractivity contribution in [2.45, 2.75) is 26.1 Å². The highest BCUT2D eigenvalue weighted by Crippen LogP contribution is 2.32. The molecule has 1 rings (SSSR count). The SMILES string of the molecule is CCOc1ccc(C(Cl)CN(CC)CC)cc1[N+](=O)[O-]. The fourth-order valence-electron chi connectivity index (χ4n) is 1.96. The Labute approximate surface area is 124 Å². The van der Waals surface area contributed by atoms with Gasteiger partial charge in [-0.25, -0.2) is 0 Å². The van der Waals surface area contributed by atoms with Crippen molar-refractivity contribution in [1.82, 2.24) is 4.90 Å². The van der Waals surface area contributed by atoms with Crippen LogP contribution in [0.2, 0.25) is 0 Å². The number of nitro benzene ring substituents is 1. The van der Waals surface area contributed by atoms with Crippen LogP contribution in [0, 0.1) is 10.1 Å². The van der Waals surface area contributed by atoms with E-state index in [4.69, 9.17) is 16.3 Å². The molecule has 0 aliphatic heterocycles. The van der Waals surface area contributed by atoms with Gasteiger partial charge in [0.2, 0.25) is 0 Å². The Bertz CT molecular complexity index is 450. The Kier molecular flexibility index (Phi) is 6.75. The molecule has 1 aromatic carbocycles. The van der Waals surface area contributed by atoms with E-state index in [1.165, 1.54) is 6.07 Å². The molecule has 6 heteroatoms. The van der Waals surface area contributed by atoms with E-state index in [-0.39, 0.29) is 16.8 Å². The first-order valence-corrected chi connectivity index (χ1v) is 7.24. The van der Waals surface area contributed by atoms with E-state index in [1.807, 2.05) is 0 Å². The summed E-state index contributed by atoms with van der Waals surface area (Å²) in [5.41, 5.74) is 0.711. The molecule has 0 fully saturated rings. The summed E-state index contributed by atoms with van der Waals surface area (Å²) in [7, 11) is 0. The van der Waals surface area contributed by atoms with Gasteiger partial charge in [0.1, 0.15) is 0 Å². The van der Waals surface area contributed by atoms with Crippen LogP contribution in [0.3, 0.4) is 0 Å². The minimum absolute atomic E-state index is 0.0328. The first-order chi connectivity index (χ1) is 9.53. The van der Waals surface area contributed by atoms with Crippen molar-refractivity contribution in [3.05, 3.63) is 33.9 Å². The van der Waals surface area contributed by atoms with Gasteiger partial charge in [0.15, 0.2) is 5.75 Å². The van der Waals surface area contributed by atoms with Gasteiger partial charge in [0.25, 0.3) is 0 Å². The van der Waals surface area contributed by atoms with Gasteiger partial charge in [0.05, 0.1) is 16.9 Å². The van der Waals surface area contributed by atoms with Crippen molar-refractivity contribution in [2.75, 3.05) is 26.2 Å². The molecule has 0 aliphatic carbocycles. The molecule has 20 heavy (non-hydrogen) atoms. The molecule has 1 atom stereocenters. The summed E-state index contributed by atoms with van der Waals surface area (Å²) >= 11 is 6.36. The van der Waals surface area contributed by atoms with E-state index in [2.05, 4.69) is 18.7 Å².